The van der Waals surface area contributed by atoms with Crippen molar-refractivity contribution in [1.82, 2.24) is 4.90 Å². The molecule has 3 rings (SSSR count). The molecule has 0 aromatic heterocycles. The smallest absolute Gasteiger partial charge is 0.293 e. The van der Waals surface area contributed by atoms with Crippen molar-refractivity contribution < 1.29 is 19.1 Å². The molecule has 1 aliphatic heterocycles. The lowest BCUT2D eigenvalue weighted by Gasteiger charge is -2.11. The first-order chi connectivity index (χ1) is 14.0. The molecule has 0 N–H and O–H groups in total. The number of halogens is 1. The van der Waals surface area contributed by atoms with Gasteiger partial charge in [0.1, 0.15) is 12.4 Å². The van der Waals surface area contributed by atoms with Crippen LogP contribution in [0, 0.1) is 6.92 Å². The third-order valence-electron chi connectivity index (χ3n) is 4.33. The zero-order valence-electron chi connectivity index (χ0n) is 16.3. The molecule has 5 nitrogen and oxygen atoms in total. The van der Waals surface area contributed by atoms with Crippen molar-refractivity contribution in [3.05, 3.63) is 68.5 Å². The van der Waals surface area contributed by atoms with E-state index in [1.165, 1.54) is 10.5 Å². The minimum atomic E-state index is -0.257. The Morgan fingerprint density at radius 3 is 2.72 bits per heavy atom. The van der Waals surface area contributed by atoms with Crippen LogP contribution in [0.15, 0.2) is 51.8 Å². The van der Waals surface area contributed by atoms with E-state index < -0.39 is 0 Å². The van der Waals surface area contributed by atoms with E-state index in [2.05, 4.69) is 22.0 Å². The van der Waals surface area contributed by atoms with Gasteiger partial charge in [-0.3, -0.25) is 14.5 Å². The fraction of sp³-hybridized carbons (Fsp3) is 0.273. The predicted octanol–water partition coefficient (Wildman–Crippen LogP) is 5.41. The number of carbonyl (C=O) groups excluding carboxylic acids is 2. The minimum absolute atomic E-state index is 0.241. The van der Waals surface area contributed by atoms with Crippen LogP contribution in [0.2, 0.25) is 0 Å². The number of nitrogens with zero attached hydrogens (tertiary/aromatic N) is 1. The molecule has 0 saturated carbocycles. The molecule has 1 heterocycles. The van der Waals surface area contributed by atoms with Gasteiger partial charge < -0.3 is 9.47 Å². The van der Waals surface area contributed by atoms with Crippen molar-refractivity contribution in [1.29, 1.82) is 0 Å². The van der Waals surface area contributed by atoms with E-state index in [1.54, 1.807) is 13.2 Å². The first-order valence-electron chi connectivity index (χ1n) is 9.20. The molecular weight excluding hydrogens is 454 g/mol. The van der Waals surface area contributed by atoms with Gasteiger partial charge in [0.25, 0.3) is 11.1 Å². The fourth-order valence-corrected chi connectivity index (χ4v) is 4.27. The lowest BCUT2D eigenvalue weighted by atomic mass is 10.1. The van der Waals surface area contributed by atoms with Crippen LogP contribution in [-0.4, -0.2) is 36.3 Å². The average molecular weight is 476 g/mol. The molecule has 152 valence electrons. The molecule has 0 spiro atoms. The van der Waals surface area contributed by atoms with Gasteiger partial charge in [-0.25, -0.2) is 0 Å². The highest BCUT2D eigenvalue weighted by Gasteiger charge is 2.34. The van der Waals surface area contributed by atoms with E-state index in [0.717, 1.165) is 33.1 Å². The third-order valence-corrected chi connectivity index (χ3v) is 5.86. The molecule has 2 aromatic carbocycles. The van der Waals surface area contributed by atoms with E-state index in [1.807, 2.05) is 43.3 Å². The molecule has 1 aliphatic rings. The van der Waals surface area contributed by atoms with Crippen molar-refractivity contribution in [2.75, 3.05) is 20.3 Å². The molecule has 0 bridgehead atoms. The highest BCUT2D eigenvalue weighted by molar-refractivity contribution is 9.10. The van der Waals surface area contributed by atoms with Gasteiger partial charge in [0.05, 0.1) is 9.38 Å². The van der Waals surface area contributed by atoms with Crippen molar-refractivity contribution in [2.45, 2.75) is 20.0 Å². The Morgan fingerprint density at radius 1 is 1.17 bits per heavy atom. The quantitative estimate of drug-likeness (QED) is 0.377. The summed E-state index contributed by atoms with van der Waals surface area (Å²) in [7, 11) is 1.60. The number of amides is 2. The van der Waals surface area contributed by atoms with E-state index >= 15 is 0 Å². The van der Waals surface area contributed by atoms with Crippen molar-refractivity contribution in [3.63, 3.8) is 0 Å². The molecule has 29 heavy (non-hydrogen) atoms. The van der Waals surface area contributed by atoms with Crippen molar-refractivity contribution >= 4 is 44.9 Å². The zero-order chi connectivity index (χ0) is 20.8. The third kappa shape index (κ3) is 5.72. The molecule has 2 aromatic rings. The first kappa shape index (κ1) is 21.6. The number of ether oxygens (including phenoxy) is 2. The summed E-state index contributed by atoms with van der Waals surface area (Å²) in [6, 6.07) is 13.8. The second-order valence-corrected chi connectivity index (χ2v) is 8.49. The number of aryl methyl sites for hydroxylation is 1. The second kappa shape index (κ2) is 10.1. The van der Waals surface area contributed by atoms with Gasteiger partial charge >= 0.3 is 0 Å². The SMILES string of the molecule is COCCCN1C(=O)S/C(=C/c2ccc(OCc3cccc(C)c3)c(Br)c2)C1=O. The monoisotopic (exact) mass is 475 g/mol. The van der Waals surface area contributed by atoms with Crippen LogP contribution in [0.25, 0.3) is 6.08 Å². The van der Waals surface area contributed by atoms with Gasteiger partial charge in [0, 0.05) is 20.3 Å². The van der Waals surface area contributed by atoms with Crippen LogP contribution in [0.5, 0.6) is 5.75 Å². The first-order valence-corrected chi connectivity index (χ1v) is 10.8. The number of imide groups is 1. The average Bonchev–Trinajstić information content (AvgIpc) is 2.95. The summed E-state index contributed by atoms with van der Waals surface area (Å²) in [6.07, 6.45) is 2.36. The highest BCUT2D eigenvalue weighted by atomic mass is 79.9. The number of hydrogen-bond acceptors (Lipinski definition) is 5. The Balaban J connectivity index is 1.66. The Bertz CT molecular complexity index is 944. The molecular formula is C22H22BrNO4S. The number of benzene rings is 2. The largest absolute Gasteiger partial charge is 0.488 e. The van der Waals surface area contributed by atoms with E-state index in [-0.39, 0.29) is 11.1 Å². The topological polar surface area (TPSA) is 55.8 Å². The maximum Gasteiger partial charge on any atom is 0.293 e. The van der Waals surface area contributed by atoms with Crippen LogP contribution in [0.4, 0.5) is 4.79 Å². The summed E-state index contributed by atoms with van der Waals surface area (Å²) < 4.78 is 11.7. The summed E-state index contributed by atoms with van der Waals surface area (Å²) in [5.41, 5.74) is 3.11. The van der Waals surface area contributed by atoms with Crippen LogP contribution >= 0.6 is 27.7 Å². The molecule has 2 amide bonds. The number of carbonyl (C=O) groups is 2. The van der Waals surface area contributed by atoms with E-state index in [4.69, 9.17) is 9.47 Å². The van der Waals surface area contributed by atoms with Crippen LogP contribution in [-0.2, 0) is 16.1 Å². The number of hydrogen-bond donors (Lipinski definition) is 0. The normalized spacial score (nSPS) is 15.4. The Kier molecular flexibility index (Phi) is 7.52. The van der Waals surface area contributed by atoms with Crippen molar-refractivity contribution in [2.24, 2.45) is 0 Å². The molecule has 0 aliphatic carbocycles. The summed E-state index contributed by atoms with van der Waals surface area (Å²) in [6.45, 7) is 3.40. The summed E-state index contributed by atoms with van der Waals surface area (Å²) >= 11 is 4.49. The lowest BCUT2D eigenvalue weighted by Crippen LogP contribution is -2.29. The Labute approximate surface area is 183 Å². The summed E-state index contributed by atoms with van der Waals surface area (Å²) in [5, 5.41) is -0.241. The Hall–Kier alpha value is -2.09. The predicted molar refractivity (Wildman–Crippen MR) is 119 cm³/mol. The van der Waals surface area contributed by atoms with Crippen LogP contribution in [0.1, 0.15) is 23.1 Å². The van der Waals surface area contributed by atoms with Gasteiger partial charge in [-0.05, 0) is 70.4 Å². The molecule has 1 fully saturated rings. The van der Waals surface area contributed by atoms with Gasteiger partial charge in [0.15, 0.2) is 0 Å². The van der Waals surface area contributed by atoms with Gasteiger partial charge in [-0.15, -0.1) is 0 Å². The molecule has 1 saturated heterocycles. The fourth-order valence-electron chi connectivity index (χ4n) is 2.90. The molecule has 0 radical (unpaired) electrons. The van der Waals surface area contributed by atoms with Crippen LogP contribution in [0.3, 0.4) is 0 Å². The maximum absolute atomic E-state index is 12.5. The van der Waals surface area contributed by atoms with Gasteiger partial charge in [-0.1, -0.05) is 35.9 Å². The molecule has 7 heteroatoms. The van der Waals surface area contributed by atoms with E-state index in [0.29, 0.717) is 31.1 Å². The Morgan fingerprint density at radius 2 is 2.00 bits per heavy atom. The second-order valence-electron chi connectivity index (χ2n) is 6.65. The molecule has 0 atom stereocenters. The lowest BCUT2D eigenvalue weighted by molar-refractivity contribution is -0.122. The number of thioether (sulfide) groups is 1. The maximum atomic E-state index is 12.5. The van der Waals surface area contributed by atoms with Gasteiger partial charge in [0.2, 0.25) is 0 Å². The van der Waals surface area contributed by atoms with E-state index in [9.17, 15) is 9.59 Å². The number of methoxy groups -OCH3 is 1. The van der Waals surface area contributed by atoms with Gasteiger partial charge in [-0.2, -0.15) is 0 Å². The minimum Gasteiger partial charge on any atom is -0.488 e. The highest BCUT2D eigenvalue weighted by Crippen LogP contribution is 2.34. The zero-order valence-corrected chi connectivity index (χ0v) is 18.7. The summed E-state index contributed by atoms with van der Waals surface area (Å²) in [5.74, 6) is 0.461. The summed E-state index contributed by atoms with van der Waals surface area (Å²) in [4.78, 5) is 26.3. The van der Waals surface area contributed by atoms with Crippen LogP contribution < -0.4 is 4.74 Å². The number of rotatable bonds is 8. The van der Waals surface area contributed by atoms with Crippen molar-refractivity contribution in [3.8, 4) is 5.75 Å². The molecule has 0 unspecified atom stereocenters. The standard InChI is InChI=1S/C22H22BrNO4S/c1-15-5-3-6-17(11-15)14-28-19-8-7-16(12-18(19)23)13-20-21(25)24(22(26)29-20)9-4-10-27-2/h3,5-8,11-13H,4,9-10,14H2,1-2H3/b20-13+.